The van der Waals surface area contributed by atoms with Gasteiger partial charge in [0.05, 0.1) is 5.56 Å². The lowest BCUT2D eigenvalue weighted by Crippen LogP contribution is -2.49. The molecule has 1 unspecified atom stereocenters. The van der Waals surface area contributed by atoms with Crippen molar-refractivity contribution in [1.82, 2.24) is 20.0 Å². The maximum atomic E-state index is 12.6. The van der Waals surface area contributed by atoms with Crippen LogP contribution in [0.3, 0.4) is 0 Å². The summed E-state index contributed by atoms with van der Waals surface area (Å²) in [6, 6.07) is 1.97. The minimum atomic E-state index is -0.0966. The van der Waals surface area contributed by atoms with Crippen LogP contribution in [0.25, 0.3) is 0 Å². The van der Waals surface area contributed by atoms with Crippen LogP contribution in [0, 0.1) is 0 Å². The third-order valence-electron chi connectivity index (χ3n) is 4.29. The number of hydrogen-bond donors (Lipinski definition) is 0. The van der Waals surface area contributed by atoms with Gasteiger partial charge in [-0.2, -0.15) is 0 Å². The topological polar surface area (TPSA) is 49.3 Å². The Balaban J connectivity index is 1.73. The van der Waals surface area contributed by atoms with Crippen molar-refractivity contribution in [3.8, 4) is 0 Å². The van der Waals surface area contributed by atoms with Gasteiger partial charge >= 0.3 is 0 Å². The highest BCUT2D eigenvalue weighted by molar-refractivity contribution is 6.34. The van der Waals surface area contributed by atoms with Crippen molar-refractivity contribution in [2.75, 3.05) is 26.2 Å². The number of amides is 1. The van der Waals surface area contributed by atoms with E-state index in [0.717, 1.165) is 39.0 Å². The number of hydrogen-bond acceptors (Lipinski definition) is 4. The van der Waals surface area contributed by atoms with Gasteiger partial charge in [-0.15, -0.1) is 10.2 Å². The summed E-state index contributed by atoms with van der Waals surface area (Å²) >= 11 is 11.8. The Bertz CT molecular complexity index is 534. The third kappa shape index (κ3) is 3.30. The average molecular weight is 329 g/mol. The first-order valence-electron chi connectivity index (χ1n) is 7.37. The summed E-state index contributed by atoms with van der Waals surface area (Å²) in [5.74, 6) is -0.0966. The molecule has 1 aromatic rings. The molecule has 0 spiro atoms. The number of likely N-dealkylation sites (tertiary alicyclic amines) is 2. The minimum absolute atomic E-state index is 0.0966. The fourth-order valence-corrected chi connectivity index (χ4v) is 3.54. The lowest BCUT2D eigenvalue weighted by Gasteiger charge is -2.37. The van der Waals surface area contributed by atoms with E-state index in [9.17, 15) is 4.79 Å². The number of carbonyl (C=O) groups excluding carboxylic acids is 1. The molecular weight excluding hydrogens is 311 g/mol. The summed E-state index contributed by atoms with van der Waals surface area (Å²) < 4.78 is 0. The Morgan fingerprint density at radius 2 is 1.90 bits per heavy atom. The summed E-state index contributed by atoms with van der Waals surface area (Å²) in [5.41, 5.74) is 0.346. The molecular formula is C14H18Cl2N4O. The summed E-state index contributed by atoms with van der Waals surface area (Å²) in [6.07, 6.45) is 4.71. The standard InChI is InChI=1S/C14H18Cl2N4O/c15-12-8-11(13(16)18-17-12)14(21)20-7-3-4-10(9-20)19-5-1-2-6-19/h8,10H,1-7,9H2. The largest absolute Gasteiger partial charge is 0.337 e. The van der Waals surface area contributed by atoms with Gasteiger partial charge in [-0.3, -0.25) is 9.69 Å². The molecule has 5 nitrogen and oxygen atoms in total. The van der Waals surface area contributed by atoms with Gasteiger partial charge in [-0.05, 0) is 44.8 Å². The van der Waals surface area contributed by atoms with Gasteiger partial charge in [0.2, 0.25) is 0 Å². The molecule has 2 aliphatic heterocycles. The fourth-order valence-electron chi connectivity index (χ4n) is 3.22. The van der Waals surface area contributed by atoms with Crippen LogP contribution in [-0.2, 0) is 0 Å². The molecule has 0 aliphatic carbocycles. The van der Waals surface area contributed by atoms with Crippen molar-refractivity contribution in [2.45, 2.75) is 31.7 Å². The van der Waals surface area contributed by atoms with E-state index >= 15 is 0 Å². The molecule has 0 N–H and O–H groups in total. The Hall–Kier alpha value is -0.910. The molecule has 2 saturated heterocycles. The predicted molar refractivity (Wildman–Crippen MR) is 81.8 cm³/mol. The normalized spacial score (nSPS) is 23.5. The Morgan fingerprint density at radius 3 is 2.67 bits per heavy atom. The Labute approximate surface area is 134 Å². The number of carbonyl (C=O) groups is 1. The van der Waals surface area contributed by atoms with Crippen molar-refractivity contribution in [1.29, 1.82) is 0 Å². The van der Waals surface area contributed by atoms with Crippen LogP contribution in [-0.4, -0.2) is 58.1 Å². The maximum Gasteiger partial charge on any atom is 0.257 e. The highest BCUT2D eigenvalue weighted by Crippen LogP contribution is 2.23. The van der Waals surface area contributed by atoms with E-state index in [1.54, 1.807) is 0 Å². The van der Waals surface area contributed by atoms with E-state index in [4.69, 9.17) is 23.2 Å². The second kappa shape index (κ2) is 6.46. The molecule has 114 valence electrons. The lowest BCUT2D eigenvalue weighted by atomic mass is 10.0. The van der Waals surface area contributed by atoms with E-state index < -0.39 is 0 Å². The van der Waals surface area contributed by atoms with Crippen LogP contribution < -0.4 is 0 Å². The second-order valence-corrected chi connectivity index (χ2v) is 6.41. The molecule has 1 amide bonds. The highest BCUT2D eigenvalue weighted by atomic mass is 35.5. The summed E-state index contributed by atoms with van der Waals surface area (Å²) in [5, 5.41) is 7.67. The SMILES string of the molecule is O=C(c1cc(Cl)nnc1Cl)N1CCCC(N2CCCC2)C1. The fraction of sp³-hybridized carbons (Fsp3) is 0.643. The first kappa shape index (κ1) is 15.0. The number of piperidine rings is 1. The van der Waals surface area contributed by atoms with Gasteiger partial charge < -0.3 is 4.90 Å². The number of nitrogens with zero attached hydrogens (tertiary/aromatic N) is 4. The molecule has 0 aromatic carbocycles. The van der Waals surface area contributed by atoms with Crippen LogP contribution in [0.15, 0.2) is 6.07 Å². The predicted octanol–water partition coefficient (Wildman–Crippen LogP) is 2.48. The Kier molecular flexibility index (Phi) is 4.62. The molecule has 1 atom stereocenters. The molecule has 2 aliphatic rings. The first-order valence-corrected chi connectivity index (χ1v) is 8.13. The average Bonchev–Trinajstić information content (AvgIpc) is 3.03. The van der Waals surface area contributed by atoms with Crippen molar-refractivity contribution >= 4 is 29.1 Å². The molecule has 0 bridgehead atoms. The van der Waals surface area contributed by atoms with Crippen molar-refractivity contribution in [3.05, 3.63) is 21.9 Å². The van der Waals surface area contributed by atoms with E-state index in [-0.39, 0.29) is 16.2 Å². The quantitative estimate of drug-likeness (QED) is 0.836. The summed E-state index contributed by atoms with van der Waals surface area (Å²) in [7, 11) is 0. The first-order chi connectivity index (χ1) is 10.1. The molecule has 3 rings (SSSR count). The molecule has 1 aromatic heterocycles. The van der Waals surface area contributed by atoms with Crippen LogP contribution >= 0.6 is 23.2 Å². The second-order valence-electron chi connectivity index (χ2n) is 5.66. The van der Waals surface area contributed by atoms with Crippen molar-refractivity contribution < 1.29 is 4.79 Å². The van der Waals surface area contributed by atoms with Gasteiger partial charge in [0.15, 0.2) is 10.3 Å². The zero-order valence-electron chi connectivity index (χ0n) is 11.8. The van der Waals surface area contributed by atoms with E-state index in [2.05, 4.69) is 15.1 Å². The smallest absolute Gasteiger partial charge is 0.257 e. The van der Waals surface area contributed by atoms with Gasteiger partial charge in [0.1, 0.15) is 0 Å². The van der Waals surface area contributed by atoms with Crippen molar-refractivity contribution in [3.63, 3.8) is 0 Å². The zero-order valence-corrected chi connectivity index (χ0v) is 13.3. The molecule has 2 fully saturated rings. The maximum absolute atomic E-state index is 12.6. The van der Waals surface area contributed by atoms with E-state index in [0.29, 0.717) is 11.6 Å². The van der Waals surface area contributed by atoms with Crippen LogP contribution in [0.1, 0.15) is 36.0 Å². The minimum Gasteiger partial charge on any atom is -0.337 e. The van der Waals surface area contributed by atoms with Crippen molar-refractivity contribution in [2.24, 2.45) is 0 Å². The third-order valence-corrected chi connectivity index (χ3v) is 4.75. The molecule has 7 heteroatoms. The lowest BCUT2D eigenvalue weighted by molar-refractivity contribution is 0.0607. The summed E-state index contributed by atoms with van der Waals surface area (Å²) in [6.45, 7) is 3.82. The van der Waals surface area contributed by atoms with Gasteiger partial charge in [-0.25, -0.2) is 0 Å². The van der Waals surface area contributed by atoms with Gasteiger partial charge in [-0.1, -0.05) is 23.2 Å². The van der Waals surface area contributed by atoms with Gasteiger partial charge in [0, 0.05) is 19.1 Å². The molecule has 3 heterocycles. The van der Waals surface area contributed by atoms with Crippen LogP contribution in [0.4, 0.5) is 0 Å². The van der Waals surface area contributed by atoms with Crippen LogP contribution in [0.2, 0.25) is 10.3 Å². The molecule has 0 radical (unpaired) electrons. The molecule has 0 saturated carbocycles. The van der Waals surface area contributed by atoms with E-state index in [1.807, 2.05) is 4.90 Å². The van der Waals surface area contributed by atoms with Gasteiger partial charge in [0.25, 0.3) is 5.91 Å². The molecule has 21 heavy (non-hydrogen) atoms. The van der Waals surface area contributed by atoms with E-state index in [1.165, 1.54) is 18.9 Å². The monoisotopic (exact) mass is 328 g/mol. The number of rotatable bonds is 2. The summed E-state index contributed by atoms with van der Waals surface area (Å²) in [4.78, 5) is 17.0. The highest BCUT2D eigenvalue weighted by Gasteiger charge is 2.30. The zero-order chi connectivity index (χ0) is 14.8. The number of aromatic nitrogens is 2. The number of halogens is 2. The Morgan fingerprint density at radius 1 is 1.14 bits per heavy atom. The van der Waals surface area contributed by atoms with Crippen LogP contribution in [0.5, 0.6) is 0 Å².